The maximum absolute atomic E-state index is 11.1. The van der Waals surface area contributed by atoms with Crippen LogP contribution < -0.4 is 0 Å². The number of phenolic OH excluding ortho intramolecular Hbond substituents is 1. The van der Waals surface area contributed by atoms with E-state index in [1.807, 2.05) is 13.0 Å². The molecule has 0 aliphatic rings. The summed E-state index contributed by atoms with van der Waals surface area (Å²) in [5.74, 6) is 0.277. The van der Waals surface area contributed by atoms with Crippen LogP contribution in [0.5, 0.6) is 5.75 Å². The number of halogens is 1. The Labute approximate surface area is 85.7 Å². The molecule has 0 bridgehead atoms. The van der Waals surface area contributed by atoms with Crippen molar-refractivity contribution in [3.05, 3.63) is 29.3 Å². The highest BCUT2D eigenvalue weighted by Gasteiger charge is 2.08. The van der Waals surface area contributed by atoms with Crippen molar-refractivity contribution in [2.75, 3.05) is 5.33 Å². The molecule has 0 saturated carbocycles. The Bertz CT molecular complexity index is 300. The monoisotopic (exact) mass is 242 g/mol. The van der Waals surface area contributed by atoms with Gasteiger partial charge in [-0.3, -0.25) is 4.79 Å². The van der Waals surface area contributed by atoms with Crippen molar-refractivity contribution in [2.45, 2.75) is 13.3 Å². The maximum atomic E-state index is 11.1. The van der Waals surface area contributed by atoms with E-state index in [0.29, 0.717) is 11.8 Å². The van der Waals surface area contributed by atoms with Crippen molar-refractivity contribution >= 4 is 21.7 Å². The Hall–Kier alpha value is -0.830. The molecule has 0 atom stereocenters. The zero-order chi connectivity index (χ0) is 9.84. The average Bonchev–Trinajstić information content (AvgIpc) is 2.11. The highest BCUT2D eigenvalue weighted by molar-refractivity contribution is 9.09. The third-order valence-electron chi connectivity index (χ3n) is 1.91. The molecule has 70 valence electrons. The topological polar surface area (TPSA) is 37.3 Å². The van der Waals surface area contributed by atoms with Crippen LogP contribution >= 0.6 is 15.9 Å². The molecule has 13 heavy (non-hydrogen) atoms. The van der Waals surface area contributed by atoms with Gasteiger partial charge in [-0.25, -0.2) is 0 Å². The maximum Gasteiger partial charge on any atom is 0.147 e. The number of rotatable bonds is 3. The second kappa shape index (κ2) is 4.42. The van der Waals surface area contributed by atoms with Gasteiger partial charge in [0.1, 0.15) is 11.5 Å². The fourth-order valence-electron chi connectivity index (χ4n) is 1.16. The van der Waals surface area contributed by atoms with Gasteiger partial charge in [-0.15, -0.1) is 0 Å². The summed E-state index contributed by atoms with van der Waals surface area (Å²) in [4.78, 5) is 11.1. The van der Waals surface area contributed by atoms with Crippen molar-refractivity contribution in [2.24, 2.45) is 0 Å². The number of carbonyl (C=O) groups excluding carboxylic acids is 1. The summed E-state index contributed by atoms with van der Waals surface area (Å²) < 4.78 is 0. The van der Waals surface area contributed by atoms with Crippen molar-refractivity contribution in [1.29, 1.82) is 0 Å². The molecule has 0 unspecified atom stereocenters. The first kappa shape index (κ1) is 10.3. The molecule has 1 aromatic carbocycles. The number of aromatic hydroxyl groups is 1. The fourth-order valence-corrected chi connectivity index (χ4v) is 1.36. The molecular formula is C10H11BrO2. The molecule has 0 radical (unpaired) electrons. The summed E-state index contributed by atoms with van der Waals surface area (Å²) in [6.07, 6.45) is 0.295. The summed E-state index contributed by atoms with van der Waals surface area (Å²) in [6.45, 7) is 1.89. The van der Waals surface area contributed by atoms with Gasteiger partial charge in [-0.05, 0) is 18.6 Å². The van der Waals surface area contributed by atoms with Gasteiger partial charge in [0.05, 0.1) is 5.33 Å². The Balaban J connectivity index is 2.93. The highest BCUT2D eigenvalue weighted by Crippen LogP contribution is 2.21. The molecule has 0 aromatic heterocycles. The van der Waals surface area contributed by atoms with E-state index < -0.39 is 0 Å². The van der Waals surface area contributed by atoms with Crippen molar-refractivity contribution in [3.8, 4) is 5.75 Å². The van der Waals surface area contributed by atoms with Crippen LogP contribution in [0.25, 0.3) is 0 Å². The molecule has 1 rings (SSSR count). The zero-order valence-electron chi connectivity index (χ0n) is 7.38. The van der Waals surface area contributed by atoms with E-state index in [4.69, 9.17) is 0 Å². The molecule has 1 aromatic rings. The standard InChI is InChI=1S/C10H11BrO2/c1-7-3-2-4-10(13)9(7)5-8(12)6-11/h2-4,13H,5-6H2,1H3. The number of hydrogen-bond acceptors (Lipinski definition) is 2. The molecule has 0 spiro atoms. The van der Waals surface area contributed by atoms with Crippen molar-refractivity contribution in [3.63, 3.8) is 0 Å². The van der Waals surface area contributed by atoms with E-state index in [1.54, 1.807) is 12.1 Å². The molecule has 3 heteroatoms. The van der Waals surface area contributed by atoms with Gasteiger partial charge in [0.25, 0.3) is 0 Å². The summed E-state index contributed by atoms with van der Waals surface area (Å²) in [5, 5.41) is 9.80. The van der Waals surface area contributed by atoms with Crippen LogP contribution in [0.3, 0.4) is 0 Å². The van der Waals surface area contributed by atoms with Gasteiger partial charge in [0.2, 0.25) is 0 Å². The van der Waals surface area contributed by atoms with Gasteiger partial charge in [-0.2, -0.15) is 0 Å². The van der Waals surface area contributed by atoms with Gasteiger partial charge >= 0.3 is 0 Å². The predicted octanol–water partition coefficient (Wildman–Crippen LogP) is 2.21. The van der Waals surface area contributed by atoms with Crippen LogP contribution in [0.1, 0.15) is 11.1 Å². The summed E-state index contributed by atoms with van der Waals surface area (Å²) in [5.41, 5.74) is 1.68. The largest absolute Gasteiger partial charge is 0.508 e. The van der Waals surface area contributed by atoms with E-state index in [-0.39, 0.29) is 11.5 Å². The minimum absolute atomic E-state index is 0.0737. The first-order valence-electron chi connectivity index (χ1n) is 4.00. The lowest BCUT2D eigenvalue weighted by Gasteiger charge is -2.05. The van der Waals surface area contributed by atoms with E-state index in [1.165, 1.54) is 0 Å². The van der Waals surface area contributed by atoms with Crippen LogP contribution in [0.4, 0.5) is 0 Å². The van der Waals surface area contributed by atoms with Crippen LogP contribution in [0.2, 0.25) is 0 Å². The Morgan fingerprint density at radius 1 is 1.54 bits per heavy atom. The number of ketones is 1. The van der Waals surface area contributed by atoms with E-state index >= 15 is 0 Å². The minimum Gasteiger partial charge on any atom is -0.508 e. The second-order valence-corrected chi connectivity index (χ2v) is 3.48. The lowest BCUT2D eigenvalue weighted by atomic mass is 10.0. The Kier molecular flexibility index (Phi) is 3.48. The predicted molar refractivity (Wildman–Crippen MR) is 55.3 cm³/mol. The summed E-state index contributed by atoms with van der Waals surface area (Å²) >= 11 is 3.09. The minimum atomic E-state index is 0.0737. The second-order valence-electron chi connectivity index (χ2n) is 2.92. The number of Topliss-reactive ketones (excluding diaryl/α,β-unsaturated/α-hetero) is 1. The third kappa shape index (κ3) is 2.56. The summed E-state index contributed by atoms with van der Waals surface area (Å²) in [7, 11) is 0. The average molecular weight is 243 g/mol. The van der Waals surface area contributed by atoms with Crippen LogP contribution in [0, 0.1) is 6.92 Å². The Morgan fingerprint density at radius 3 is 2.77 bits per heavy atom. The molecule has 0 aliphatic heterocycles. The molecule has 1 N–H and O–H groups in total. The lowest BCUT2D eigenvalue weighted by Crippen LogP contribution is -2.05. The molecule has 0 heterocycles. The van der Waals surface area contributed by atoms with Gasteiger partial charge in [-0.1, -0.05) is 28.1 Å². The van der Waals surface area contributed by atoms with E-state index in [9.17, 15) is 9.90 Å². The normalized spacial score (nSPS) is 10.0. The molecule has 2 nitrogen and oxygen atoms in total. The molecule has 0 fully saturated rings. The summed E-state index contributed by atoms with van der Waals surface area (Å²) in [6, 6.07) is 5.26. The first-order chi connectivity index (χ1) is 6.15. The molecular weight excluding hydrogens is 232 g/mol. The zero-order valence-corrected chi connectivity index (χ0v) is 8.97. The van der Waals surface area contributed by atoms with Crippen LogP contribution in [-0.2, 0) is 11.2 Å². The fraction of sp³-hybridized carbons (Fsp3) is 0.300. The number of benzene rings is 1. The SMILES string of the molecule is Cc1cccc(O)c1CC(=O)CBr. The number of hydrogen-bond donors (Lipinski definition) is 1. The number of alkyl halides is 1. The third-order valence-corrected chi connectivity index (χ3v) is 2.53. The van der Waals surface area contributed by atoms with Crippen LogP contribution in [0.15, 0.2) is 18.2 Å². The number of phenols is 1. The molecule has 0 aliphatic carbocycles. The number of aryl methyl sites for hydroxylation is 1. The van der Waals surface area contributed by atoms with Crippen molar-refractivity contribution in [1.82, 2.24) is 0 Å². The van der Waals surface area contributed by atoms with E-state index in [0.717, 1.165) is 11.1 Å². The highest BCUT2D eigenvalue weighted by atomic mass is 79.9. The van der Waals surface area contributed by atoms with Crippen molar-refractivity contribution < 1.29 is 9.90 Å². The van der Waals surface area contributed by atoms with Crippen LogP contribution in [-0.4, -0.2) is 16.2 Å². The first-order valence-corrected chi connectivity index (χ1v) is 5.12. The van der Waals surface area contributed by atoms with Gasteiger partial charge < -0.3 is 5.11 Å². The lowest BCUT2D eigenvalue weighted by molar-refractivity contribution is -0.115. The van der Waals surface area contributed by atoms with Gasteiger partial charge in [0.15, 0.2) is 0 Å². The smallest absolute Gasteiger partial charge is 0.147 e. The van der Waals surface area contributed by atoms with Gasteiger partial charge in [0, 0.05) is 12.0 Å². The Morgan fingerprint density at radius 2 is 2.23 bits per heavy atom. The number of carbonyl (C=O) groups is 1. The van der Waals surface area contributed by atoms with E-state index in [2.05, 4.69) is 15.9 Å². The quantitative estimate of drug-likeness (QED) is 0.826. The molecule has 0 saturated heterocycles. The molecule has 0 amide bonds.